The summed E-state index contributed by atoms with van der Waals surface area (Å²) in [5.41, 5.74) is -1.30. The lowest BCUT2D eigenvalue weighted by atomic mass is 10.2. The number of β-amino-alcohol motifs (C(OH)–C–C–N with tert-alkyl or cyclic N) is 1. The number of sulfonamides is 1. The highest BCUT2D eigenvalue weighted by Gasteiger charge is 2.41. The summed E-state index contributed by atoms with van der Waals surface area (Å²) in [6.45, 7) is 4.48. The van der Waals surface area contributed by atoms with E-state index in [1.807, 2.05) is 0 Å². The summed E-state index contributed by atoms with van der Waals surface area (Å²) in [5.74, 6) is 0. The van der Waals surface area contributed by atoms with Crippen molar-refractivity contribution in [2.75, 3.05) is 13.1 Å². The smallest absolute Gasteiger partial charge is 0.408 e. The Kier molecular flexibility index (Phi) is 5.54. The van der Waals surface area contributed by atoms with Crippen molar-refractivity contribution in [3.05, 3.63) is 34.4 Å². The summed E-state index contributed by atoms with van der Waals surface area (Å²) in [4.78, 5) is 21.7. The molecule has 0 aromatic heterocycles. The molecule has 2 N–H and O–H groups in total. The molecular formula is C15H21N3O7S. The number of benzene rings is 1. The molecule has 1 saturated heterocycles. The molecule has 0 aliphatic carbocycles. The minimum atomic E-state index is -4.21. The number of nitro benzene ring substituents is 1. The third-order valence-corrected chi connectivity index (χ3v) is 5.52. The largest absolute Gasteiger partial charge is 0.444 e. The first-order chi connectivity index (χ1) is 11.9. The van der Waals surface area contributed by atoms with E-state index in [4.69, 9.17) is 4.74 Å². The Morgan fingerprint density at radius 3 is 2.54 bits per heavy atom. The molecular weight excluding hydrogens is 366 g/mol. The van der Waals surface area contributed by atoms with E-state index >= 15 is 0 Å². The molecule has 1 aliphatic rings. The van der Waals surface area contributed by atoms with Crippen molar-refractivity contribution in [1.29, 1.82) is 0 Å². The van der Waals surface area contributed by atoms with Gasteiger partial charge in [0.05, 0.1) is 17.1 Å². The van der Waals surface area contributed by atoms with Gasteiger partial charge in [-0.05, 0) is 26.8 Å². The molecule has 1 amide bonds. The molecule has 1 aromatic carbocycles. The van der Waals surface area contributed by atoms with Gasteiger partial charge in [-0.1, -0.05) is 12.1 Å². The van der Waals surface area contributed by atoms with Crippen molar-refractivity contribution in [2.45, 2.75) is 43.4 Å². The molecule has 26 heavy (non-hydrogen) atoms. The summed E-state index contributed by atoms with van der Waals surface area (Å²) in [7, 11) is -4.21. The van der Waals surface area contributed by atoms with Gasteiger partial charge in [0.15, 0.2) is 4.90 Å². The molecule has 1 fully saturated rings. The second-order valence-electron chi connectivity index (χ2n) is 6.87. The molecule has 2 atom stereocenters. The third-order valence-electron chi connectivity index (χ3n) is 3.64. The molecule has 11 heteroatoms. The highest BCUT2D eigenvalue weighted by atomic mass is 32.2. The minimum Gasteiger partial charge on any atom is -0.444 e. The second kappa shape index (κ2) is 7.17. The number of aliphatic hydroxyl groups excluding tert-OH is 1. The number of amides is 1. The van der Waals surface area contributed by atoms with E-state index in [9.17, 15) is 28.4 Å². The number of ether oxygens (including phenoxy) is 1. The van der Waals surface area contributed by atoms with Crippen LogP contribution in [0.4, 0.5) is 10.5 Å². The maximum atomic E-state index is 12.7. The van der Waals surface area contributed by atoms with Gasteiger partial charge in [-0.15, -0.1) is 0 Å². The number of hydrogen-bond donors (Lipinski definition) is 2. The molecule has 2 rings (SSSR count). The van der Waals surface area contributed by atoms with Crippen molar-refractivity contribution in [1.82, 2.24) is 9.62 Å². The summed E-state index contributed by atoms with van der Waals surface area (Å²) >= 11 is 0. The second-order valence-corrected chi connectivity index (χ2v) is 8.77. The zero-order valence-corrected chi connectivity index (χ0v) is 15.4. The number of nitro groups is 1. The average molecular weight is 387 g/mol. The van der Waals surface area contributed by atoms with E-state index in [1.54, 1.807) is 20.8 Å². The van der Waals surface area contributed by atoms with E-state index in [2.05, 4.69) is 5.32 Å². The number of hydrogen-bond acceptors (Lipinski definition) is 7. The lowest BCUT2D eigenvalue weighted by Crippen LogP contribution is -2.45. The standard InChI is InChI=1S/C15H21N3O7S/c1-15(2,3)25-14(20)16-10-8-17(9-12(10)19)26(23,24)13-7-5-4-6-11(13)18(21)22/h4-7,10,12,19H,8-9H2,1-3H3,(H,16,20)/t10-,12-/m0/s1. The first-order valence-corrected chi connectivity index (χ1v) is 9.27. The molecule has 0 bridgehead atoms. The Morgan fingerprint density at radius 1 is 1.35 bits per heavy atom. The maximum absolute atomic E-state index is 12.7. The molecule has 1 aromatic rings. The number of carbonyl (C=O) groups is 1. The lowest BCUT2D eigenvalue weighted by Gasteiger charge is -2.22. The fraction of sp³-hybridized carbons (Fsp3) is 0.533. The SMILES string of the molecule is CC(C)(C)OC(=O)N[C@H]1CN(S(=O)(=O)c2ccccc2[N+](=O)[O-])C[C@@H]1O. The topological polar surface area (TPSA) is 139 Å². The van der Waals surface area contributed by atoms with E-state index in [0.29, 0.717) is 0 Å². The Balaban J connectivity index is 2.18. The number of alkyl carbamates (subject to hydrolysis) is 1. The van der Waals surface area contributed by atoms with Crippen LogP contribution in [0.15, 0.2) is 29.2 Å². The number of nitrogens with zero attached hydrogens (tertiary/aromatic N) is 2. The van der Waals surface area contributed by atoms with Crippen LogP contribution in [0.25, 0.3) is 0 Å². The van der Waals surface area contributed by atoms with E-state index in [-0.39, 0.29) is 13.1 Å². The van der Waals surface area contributed by atoms with Gasteiger partial charge in [0.25, 0.3) is 5.69 Å². The van der Waals surface area contributed by atoms with Gasteiger partial charge >= 0.3 is 6.09 Å². The first-order valence-electron chi connectivity index (χ1n) is 7.83. The summed E-state index contributed by atoms with van der Waals surface area (Å²) in [6, 6.07) is 4.08. The van der Waals surface area contributed by atoms with Crippen LogP contribution < -0.4 is 5.32 Å². The van der Waals surface area contributed by atoms with E-state index in [0.717, 1.165) is 16.4 Å². The minimum absolute atomic E-state index is 0.227. The van der Waals surface area contributed by atoms with Crippen LogP contribution in [-0.4, -0.2) is 59.7 Å². The first kappa shape index (κ1) is 20.1. The van der Waals surface area contributed by atoms with Crippen molar-refractivity contribution < 1.29 is 28.0 Å². The van der Waals surface area contributed by atoms with Crippen LogP contribution in [0.2, 0.25) is 0 Å². The van der Waals surface area contributed by atoms with Crippen molar-refractivity contribution >= 4 is 21.8 Å². The Morgan fingerprint density at radius 2 is 1.96 bits per heavy atom. The normalized spacial score (nSPS) is 21.4. The molecule has 1 heterocycles. The predicted molar refractivity (Wildman–Crippen MR) is 91.0 cm³/mol. The molecule has 144 valence electrons. The molecule has 1 aliphatic heterocycles. The van der Waals surface area contributed by atoms with Gasteiger partial charge in [0.1, 0.15) is 5.60 Å². The van der Waals surface area contributed by atoms with Crippen LogP contribution in [0.1, 0.15) is 20.8 Å². The molecule has 0 saturated carbocycles. The lowest BCUT2D eigenvalue weighted by molar-refractivity contribution is -0.387. The molecule has 0 spiro atoms. The quantitative estimate of drug-likeness (QED) is 0.577. The molecule has 0 radical (unpaired) electrons. The zero-order valence-electron chi connectivity index (χ0n) is 14.6. The number of nitrogens with one attached hydrogen (secondary N) is 1. The highest BCUT2D eigenvalue weighted by molar-refractivity contribution is 7.89. The Bertz CT molecular complexity index is 804. The Labute approximate surface area is 151 Å². The van der Waals surface area contributed by atoms with Crippen molar-refractivity contribution in [2.24, 2.45) is 0 Å². The highest BCUT2D eigenvalue weighted by Crippen LogP contribution is 2.28. The molecule has 0 unspecified atom stereocenters. The van der Waals surface area contributed by atoms with Gasteiger partial charge in [-0.25, -0.2) is 13.2 Å². The number of carbonyl (C=O) groups excluding carboxylic acids is 1. The average Bonchev–Trinajstić information content (AvgIpc) is 2.87. The van der Waals surface area contributed by atoms with Gasteiger partial charge < -0.3 is 15.2 Å². The van der Waals surface area contributed by atoms with Gasteiger partial charge in [-0.2, -0.15) is 4.31 Å². The fourth-order valence-electron chi connectivity index (χ4n) is 2.51. The van der Waals surface area contributed by atoms with Gasteiger partial charge in [0.2, 0.25) is 10.0 Å². The Hall–Kier alpha value is -2.24. The van der Waals surface area contributed by atoms with Crippen molar-refractivity contribution in [3.8, 4) is 0 Å². The van der Waals surface area contributed by atoms with Gasteiger partial charge in [-0.3, -0.25) is 10.1 Å². The third kappa shape index (κ3) is 4.48. The van der Waals surface area contributed by atoms with E-state index < -0.39 is 49.4 Å². The summed E-state index contributed by atoms with van der Waals surface area (Å²) < 4.78 is 31.5. The monoisotopic (exact) mass is 387 g/mol. The fourth-order valence-corrected chi connectivity index (χ4v) is 4.16. The number of aliphatic hydroxyl groups is 1. The van der Waals surface area contributed by atoms with Crippen LogP contribution in [0, 0.1) is 10.1 Å². The number of rotatable bonds is 4. The number of para-hydroxylation sites is 1. The van der Waals surface area contributed by atoms with Gasteiger partial charge in [0, 0.05) is 19.2 Å². The van der Waals surface area contributed by atoms with Crippen molar-refractivity contribution in [3.63, 3.8) is 0 Å². The zero-order chi connectivity index (χ0) is 19.7. The van der Waals surface area contributed by atoms with Crippen LogP contribution in [-0.2, 0) is 14.8 Å². The van der Waals surface area contributed by atoms with E-state index in [1.165, 1.54) is 12.1 Å². The maximum Gasteiger partial charge on any atom is 0.408 e. The van der Waals surface area contributed by atoms with Crippen LogP contribution >= 0.6 is 0 Å². The summed E-state index contributed by atoms with van der Waals surface area (Å²) in [5, 5.41) is 23.6. The van der Waals surface area contributed by atoms with Crippen LogP contribution in [0.5, 0.6) is 0 Å². The van der Waals surface area contributed by atoms with Crippen LogP contribution in [0.3, 0.4) is 0 Å². The summed E-state index contributed by atoms with van der Waals surface area (Å²) in [6.07, 6.45) is -1.95. The predicted octanol–water partition coefficient (Wildman–Crippen LogP) is 0.853. The molecule has 10 nitrogen and oxygen atoms in total.